The zero-order chi connectivity index (χ0) is 19.8. The maximum atomic E-state index is 11.1. The number of furan rings is 1. The van der Waals surface area contributed by atoms with Crippen LogP contribution >= 0.6 is 11.6 Å². The molecule has 1 heterocycles. The molecule has 3 aromatic rings. The van der Waals surface area contributed by atoms with E-state index in [4.69, 9.17) is 20.8 Å². The number of ether oxygens (including phenoxy) is 1. The lowest BCUT2D eigenvalue weighted by Crippen LogP contribution is -2.35. The number of aliphatic hydroxyl groups excluding tert-OH is 1. The maximum Gasteiger partial charge on any atom is 0.153 e. The summed E-state index contributed by atoms with van der Waals surface area (Å²) in [6, 6.07) is 18.3. The molecule has 0 fully saturated rings. The lowest BCUT2D eigenvalue weighted by molar-refractivity contribution is 0.0601. The lowest BCUT2D eigenvalue weighted by Gasteiger charge is -2.24. The fraction of sp³-hybridized carbons (Fsp3) is 0.227. The van der Waals surface area contributed by atoms with Crippen LogP contribution in [0.2, 0.25) is 5.02 Å². The Hall–Kier alpha value is -2.60. The molecule has 1 N–H and O–H groups in total. The van der Waals surface area contributed by atoms with E-state index in [9.17, 15) is 9.90 Å². The molecule has 0 aliphatic rings. The molecular weight excluding hydrogens is 378 g/mol. The molecule has 0 amide bonds. The van der Waals surface area contributed by atoms with Crippen molar-refractivity contribution in [2.45, 2.75) is 19.2 Å². The molecule has 28 heavy (non-hydrogen) atoms. The van der Waals surface area contributed by atoms with E-state index in [1.807, 2.05) is 36.4 Å². The summed E-state index contributed by atoms with van der Waals surface area (Å²) in [5, 5.41) is 11.2. The molecule has 0 aliphatic heterocycles. The van der Waals surface area contributed by atoms with Crippen LogP contribution < -0.4 is 4.74 Å². The van der Waals surface area contributed by atoms with Crippen LogP contribution in [0.3, 0.4) is 0 Å². The maximum absolute atomic E-state index is 11.1. The van der Waals surface area contributed by atoms with Crippen LogP contribution in [0.15, 0.2) is 71.3 Å². The van der Waals surface area contributed by atoms with Crippen LogP contribution in [0.4, 0.5) is 0 Å². The fourth-order valence-corrected chi connectivity index (χ4v) is 3.16. The van der Waals surface area contributed by atoms with Crippen LogP contribution in [-0.4, -0.2) is 35.5 Å². The second kappa shape index (κ2) is 10.1. The Morgan fingerprint density at radius 3 is 2.71 bits per heavy atom. The van der Waals surface area contributed by atoms with E-state index in [1.54, 1.807) is 30.5 Å². The SMILES string of the molecule is O=Cc1ccccc1OCC(O)CN(Cc1cccc(Cl)c1)Cc1ccco1. The first-order valence-corrected chi connectivity index (χ1v) is 9.36. The summed E-state index contributed by atoms with van der Waals surface area (Å²) in [6.45, 7) is 1.59. The molecule has 0 bridgehead atoms. The van der Waals surface area contributed by atoms with Gasteiger partial charge in [0, 0.05) is 18.1 Å². The molecule has 5 nitrogen and oxygen atoms in total. The van der Waals surface area contributed by atoms with Gasteiger partial charge in [0.2, 0.25) is 0 Å². The second-order valence-corrected chi connectivity index (χ2v) is 6.94. The third-order valence-corrected chi connectivity index (χ3v) is 4.44. The quantitative estimate of drug-likeness (QED) is 0.518. The second-order valence-electron chi connectivity index (χ2n) is 6.50. The van der Waals surface area contributed by atoms with Crippen molar-refractivity contribution < 1.29 is 19.1 Å². The Kier molecular flexibility index (Phi) is 7.25. The smallest absolute Gasteiger partial charge is 0.153 e. The van der Waals surface area contributed by atoms with Gasteiger partial charge in [-0.25, -0.2) is 0 Å². The molecule has 2 aromatic carbocycles. The minimum absolute atomic E-state index is 0.0784. The predicted octanol–water partition coefficient (Wildman–Crippen LogP) is 4.19. The summed E-state index contributed by atoms with van der Waals surface area (Å²) < 4.78 is 11.1. The molecule has 6 heteroatoms. The third-order valence-electron chi connectivity index (χ3n) is 4.20. The van der Waals surface area contributed by atoms with Gasteiger partial charge in [0.25, 0.3) is 0 Å². The number of carbonyl (C=O) groups excluding carboxylic acids is 1. The molecule has 1 atom stereocenters. The summed E-state index contributed by atoms with van der Waals surface area (Å²) in [5.41, 5.74) is 1.50. The van der Waals surface area contributed by atoms with E-state index < -0.39 is 6.10 Å². The van der Waals surface area contributed by atoms with Gasteiger partial charge in [-0.2, -0.15) is 0 Å². The van der Waals surface area contributed by atoms with Crippen molar-refractivity contribution in [2.24, 2.45) is 0 Å². The summed E-state index contributed by atoms with van der Waals surface area (Å²) in [6.07, 6.45) is 1.63. The molecule has 0 aliphatic carbocycles. The molecule has 0 saturated heterocycles. The van der Waals surface area contributed by atoms with E-state index in [2.05, 4.69) is 4.90 Å². The first kappa shape index (κ1) is 20.1. The summed E-state index contributed by atoms with van der Waals surface area (Å²) in [5.74, 6) is 1.27. The molecule has 146 valence electrons. The highest BCUT2D eigenvalue weighted by Crippen LogP contribution is 2.17. The van der Waals surface area contributed by atoms with Gasteiger partial charge in [-0.1, -0.05) is 35.9 Å². The number of halogens is 1. The highest BCUT2D eigenvalue weighted by Gasteiger charge is 2.16. The monoisotopic (exact) mass is 399 g/mol. The Labute approximate surface area is 169 Å². The number of benzene rings is 2. The third kappa shape index (κ3) is 5.96. The average molecular weight is 400 g/mol. The summed E-state index contributed by atoms with van der Waals surface area (Å²) >= 11 is 6.09. The van der Waals surface area contributed by atoms with Gasteiger partial charge in [-0.05, 0) is 42.0 Å². The van der Waals surface area contributed by atoms with Crippen molar-refractivity contribution in [1.29, 1.82) is 0 Å². The zero-order valence-electron chi connectivity index (χ0n) is 15.3. The number of para-hydroxylation sites is 1. The molecule has 0 radical (unpaired) electrons. The standard InChI is InChI=1S/C22H22ClNO4/c23-19-7-3-5-17(11-19)12-24(14-21-8-4-10-27-21)13-20(26)16-28-22-9-2-1-6-18(22)15-25/h1-11,15,20,26H,12-14,16H2. The van der Waals surface area contributed by atoms with Crippen molar-refractivity contribution >= 4 is 17.9 Å². The number of carbonyl (C=O) groups is 1. The number of aliphatic hydroxyl groups is 1. The highest BCUT2D eigenvalue weighted by molar-refractivity contribution is 6.30. The van der Waals surface area contributed by atoms with Gasteiger partial charge >= 0.3 is 0 Å². The van der Waals surface area contributed by atoms with Crippen molar-refractivity contribution in [3.63, 3.8) is 0 Å². The average Bonchev–Trinajstić information content (AvgIpc) is 3.19. The van der Waals surface area contributed by atoms with Crippen molar-refractivity contribution in [1.82, 2.24) is 4.90 Å². The molecule has 3 rings (SSSR count). The molecule has 0 saturated carbocycles. The number of aldehydes is 1. The number of rotatable bonds is 10. The van der Waals surface area contributed by atoms with Crippen LogP contribution in [0.1, 0.15) is 21.7 Å². The van der Waals surface area contributed by atoms with Gasteiger partial charge in [-0.3, -0.25) is 9.69 Å². The minimum atomic E-state index is -0.742. The number of hydrogen-bond donors (Lipinski definition) is 1. The summed E-state index contributed by atoms with van der Waals surface area (Å²) in [7, 11) is 0. The highest BCUT2D eigenvalue weighted by atomic mass is 35.5. The van der Waals surface area contributed by atoms with Gasteiger partial charge in [0.15, 0.2) is 6.29 Å². The normalized spacial score (nSPS) is 12.1. The minimum Gasteiger partial charge on any atom is -0.490 e. The first-order valence-electron chi connectivity index (χ1n) is 8.98. The Morgan fingerprint density at radius 2 is 1.96 bits per heavy atom. The van der Waals surface area contributed by atoms with E-state index in [1.165, 1.54) is 0 Å². The van der Waals surface area contributed by atoms with E-state index >= 15 is 0 Å². The lowest BCUT2D eigenvalue weighted by atomic mass is 10.2. The van der Waals surface area contributed by atoms with Crippen LogP contribution in [0.25, 0.3) is 0 Å². The molecule has 1 unspecified atom stereocenters. The van der Waals surface area contributed by atoms with Crippen molar-refractivity contribution in [3.8, 4) is 5.75 Å². The van der Waals surface area contributed by atoms with E-state index in [-0.39, 0.29) is 6.61 Å². The topological polar surface area (TPSA) is 62.9 Å². The van der Waals surface area contributed by atoms with Crippen molar-refractivity contribution in [3.05, 3.63) is 88.8 Å². The van der Waals surface area contributed by atoms with Crippen LogP contribution in [0.5, 0.6) is 5.75 Å². The van der Waals surface area contributed by atoms with Gasteiger partial charge in [-0.15, -0.1) is 0 Å². The number of hydrogen-bond acceptors (Lipinski definition) is 5. The predicted molar refractivity (Wildman–Crippen MR) is 108 cm³/mol. The molecule has 1 aromatic heterocycles. The van der Waals surface area contributed by atoms with Crippen LogP contribution in [-0.2, 0) is 13.1 Å². The van der Waals surface area contributed by atoms with Crippen LogP contribution in [0, 0.1) is 0 Å². The zero-order valence-corrected chi connectivity index (χ0v) is 16.1. The van der Waals surface area contributed by atoms with E-state index in [0.29, 0.717) is 36.0 Å². The first-order chi connectivity index (χ1) is 13.6. The van der Waals surface area contributed by atoms with Gasteiger partial charge < -0.3 is 14.3 Å². The largest absolute Gasteiger partial charge is 0.490 e. The molecular formula is C22H22ClNO4. The number of nitrogens with zero attached hydrogens (tertiary/aromatic N) is 1. The summed E-state index contributed by atoms with van der Waals surface area (Å²) in [4.78, 5) is 13.1. The Bertz CT molecular complexity index is 882. The van der Waals surface area contributed by atoms with Crippen molar-refractivity contribution in [2.75, 3.05) is 13.2 Å². The Morgan fingerprint density at radius 1 is 1.11 bits per heavy atom. The van der Waals surface area contributed by atoms with Gasteiger partial charge in [0.1, 0.15) is 24.2 Å². The van der Waals surface area contributed by atoms with E-state index in [0.717, 1.165) is 17.6 Å². The molecule has 0 spiro atoms. The van der Waals surface area contributed by atoms with Gasteiger partial charge in [0.05, 0.1) is 18.4 Å². The Balaban J connectivity index is 1.63. The fourth-order valence-electron chi connectivity index (χ4n) is 2.95.